The van der Waals surface area contributed by atoms with Gasteiger partial charge in [-0.1, -0.05) is 115 Å². The second-order valence-corrected chi connectivity index (χ2v) is 14.6. The van der Waals surface area contributed by atoms with Gasteiger partial charge < -0.3 is 4.42 Å². The number of benzene rings is 6. The van der Waals surface area contributed by atoms with E-state index in [-0.39, 0.29) is 22.8 Å². The maximum absolute atomic E-state index is 8.57. The van der Waals surface area contributed by atoms with Crippen LogP contribution in [0.2, 0.25) is 0 Å². The molecule has 0 unspecified atom stereocenters. The quantitative estimate of drug-likeness (QED) is 0.184. The van der Waals surface area contributed by atoms with E-state index in [1.165, 1.54) is 16.7 Å². The van der Waals surface area contributed by atoms with Gasteiger partial charge in [-0.2, -0.15) is 0 Å². The smallest absolute Gasteiger partial charge is 0.149 e. The van der Waals surface area contributed by atoms with Gasteiger partial charge in [-0.3, -0.25) is 4.57 Å². The van der Waals surface area contributed by atoms with Gasteiger partial charge >= 0.3 is 0 Å². The molecule has 0 spiro atoms. The number of rotatable bonds is 4. The molecule has 0 N–H and O–H groups in total. The summed E-state index contributed by atoms with van der Waals surface area (Å²) in [6.07, 6.45) is 0. The maximum Gasteiger partial charge on any atom is 0.149 e. The average Bonchev–Trinajstić information content (AvgIpc) is 3.63. The molecule has 0 bridgehead atoms. The van der Waals surface area contributed by atoms with E-state index in [4.69, 9.17) is 13.5 Å². The van der Waals surface area contributed by atoms with Crippen LogP contribution in [0.3, 0.4) is 0 Å². The van der Waals surface area contributed by atoms with Crippen LogP contribution in [0.1, 0.15) is 86.7 Å². The minimum Gasteiger partial charge on any atom is -0.455 e. The second-order valence-electron chi connectivity index (χ2n) is 14.6. The van der Waals surface area contributed by atoms with Crippen LogP contribution >= 0.6 is 0 Å². The predicted molar refractivity (Wildman–Crippen MR) is 200 cm³/mol. The molecule has 47 heavy (non-hydrogen) atoms. The molecule has 0 aliphatic rings. The van der Waals surface area contributed by atoms with Gasteiger partial charge in [0.15, 0.2) is 0 Å². The molecule has 0 radical (unpaired) electrons. The Morgan fingerprint density at radius 1 is 0.723 bits per heavy atom. The fourth-order valence-electron chi connectivity index (χ4n) is 7.24. The first kappa shape index (κ1) is 26.2. The summed E-state index contributed by atoms with van der Waals surface area (Å²) in [4.78, 5) is 5.30. The molecule has 8 rings (SSSR count). The van der Waals surface area contributed by atoms with Crippen molar-refractivity contribution >= 4 is 54.5 Å². The number of hydrogen-bond acceptors (Lipinski definition) is 2. The summed E-state index contributed by atoms with van der Waals surface area (Å²) in [5, 5.41) is 5.79. The predicted octanol–water partition coefficient (Wildman–Crippen LogP) is 12.8. The lowest BCUT2D eigenvalue weighted by Gasteiger charge is -2.28. The average molecular weight is 618 g/mol. The molecule has 0 fully saturated rings. The van der Waals surface area contributed by atoms with E-state index in [9.17, 15) is 0 Å². The van der Waals surface area contributed by atoms with Crippen LogP contribution in [0.15, 0.2) is 101 Å². The third-order valence-corrected chi connectivity index (χ3v) is 9.79. The molecule has 8 aromatic rings. The van der Waals surface area contributed by atoms with Crippen molar-refractivity contribution in [3.63, 3.8) is 0 Å². The molecule has 2 aromatic heterocycles. The van der Waals surface area contributed by atoms with Gasteiger partial charge in [-0.05, 0) is 98.2 Å². The Kier molecular flexibility index (Phi) is 5.89. The molecule has 3 nitrogen and oxygen atoms in total. The number of fused-ring (bicyclic) bond motifs is 7. The molecule has 0 aliphatic heterocycles. The SMILES string of the molecule is [2H]C([2H])([2H])c1ccc(-c2nc3ccccc3n2-c2c(C(C)C)cc(C(C)(C)C)cc2C(C)C)c2oc3cc4c(ccc5ccccc54)cc3c12. The van der Waals surface area contributed by atoms with Gasteiger partial charge in [0.05, 0.1) is 22.3 Å². The van der Waals surface area contributed by atoms with Crippen LogP contribution in [0.4, 0.5) is 0 Å². The Morgan fingerprint density at radius 2 is 1.43 bits per heavy atom. The zero-order valence-corrected chi connectivity index (χ0v) is 28.2. The van der Waals surface area contributed by atoms with Crippen molar-refractivity contribution in [3.05, 3.63) is 119 Å². The van der Waals surface area contributed by atoms with Crippen molar-refractivity contribution in [3.8, 4) is 17.1 Å². The van der Waals surface area contributed by atoms with Crippen LogP contribution in [-0.2, 0) is 5.41 Å². The molecule has 0 atom stereocenters. The van der Waals surface area contributed by atoms with E-state index < -0.39 is 6.85 Å². The lowest BCUT2D eigenvalue weighted by molar-refractivity contribution is 0.586. The number of imidazole rings is 1. The minimum atomic E-state index is -2.34. The number of aryl methyl sites for hydroxylation is 1. The highest BCUT2D eigenvalue weighted by molar-refractivity contribution is 6.18. The standard InChI is InChI=1S/C44H42N2O/c1-25(2)33-22-30(44(6,7)8)23-34(26(3)4)41(33)46-38-16-12-11-15-37(38)45-43(46)32-20-17-27(5)40-36-21-29-19-18-28-13-9-10-14-31(28)35(29)24-39(36)47-42(32)40/h9-26H,1-8H3/i5D3. The van der Waals surface area contributed by atoms with Crippen molar-refractivity contribution in [1.82, 2.24) is 9.55 Å². The van der Waals surface area contributed by atoms with Crippen molar-refractivity contribution in [2.75, 3.05) is 0 Å². The Balaban J connectivity index is 1.52. The number of aromatic nitrogens is 2. The molecule has 0 aliphatic carbocycles. The van der Waals surface area contributed by atoms with Gasteiger partial charge in [0.2, 0.25) is 0 Å². The Morgan fingerprint density at radius 3 is 2.15 bits per heavy atom. The van der Waals surface area contributed by atoms with E-state index >= 15 is 0 Å². The first-order valence-corrected chi connectivity index (χ1v) is 16.7. The first-order chi connectivity index (χ1) is 23.7. The number of para-hydroxylation sites is 2. The Labute approximate surface area is 281 Å². The molecular formula is C44H42N2O. The summed E-state index contributed by atoms with van der Waals surface area (Å²) < 4.78 is 34.8. The van der Waals surface area contributed by atoms with E-state index in [1.807, 2.05) is 30.3 Å². The van der Waals surface area contributed by atoms with Gasteiger partial charge in [0, 0.05) is 14.9 Å². The second kappa shape index (κ2) is 10.6. The summed E-state index contributed by atoms with van der Waals surface area (Å²) >= 11 is 0. The minimum absolute atomic E-state index is 0.0218. The molecular weight excluding hydrogens is 572 g/mol. The van der Waals surface area contributed by atoms with E-state index in [0.717, 1.165) is 55.0 Å². The lowest BCUT2D eigenvalue weighted by Crippen LogP contribution is -2.16. The summed E-state index contributed by atoms with van der Waals surface area (Å²) in [5.41, 5.74) is 9.02. The van der Waals surface area contributed by atoms with Gasteiger partial charge in [-0.15, -0.1) is 0 Å². The maximum atomic E-state index is 8.57. The third kappa shape index (κ3) is 4.58. The van der Waals surface area contributed by atoms with Crippen LogP contribution in [0.5, 0.6) is 0 Å². The van der Waals surface area contributed by atoms with Crippen LogP contribution in [0, 0.1) is 6.85 Å². The molecule has 2 heterocycles. The van der Waals surface area contributed by atoms with Gasteiger partial charge in [0.1, 0.15) is 17.0 Å². The zero-order chi connectivity index (χ0) is 35.3. The lowest BCUT2D eigenvalue weighted by atomic mass is 9.81. The molecule has 0 amide bonds. The topological polar surface area (TPSA) is 31.0 Å². The van der Waals surface area contributed by atoms with Crippen molar-refractivity contribution in [1.29, 1.82) is 0 Å². The number of furan rings is 1. The molecule has 0 saturated heterocycles. The summed E-state index contributed by atoms with van der Waals surface area (Å²) in [5.74, 6) is 1.21. The largest absolute Gasteiger partial charge is 0.455 e. The summed E-state index contributed by atoms with van der Waals surface area (Å²) in [6, 6.07) is 33.3. The summed E-state index contributed by atoms with van der Waals surface area (Å²) in [6.45, 7) is 13.5. The fourth-order valence-corrected chi connectivity index (χ4v) is 7.24. The zero-order valence-electron chi connectivity index (χ0n) is 31.2. The van der Waals surface area contributed by atoms with Crippen LogP contribution in [0.25, 0.3) is 71.6 Å². The van der Waals surface area contributed by atoms with E-state index in [2.05, 4.69) is 114 Å². The number of nitrogens with zero attached hydrogens (tertiary/aromatic N) is 2. The van der Waals surface area contributed by atoms with Gasteiger partial charge in [-0.25, -0.2) is 4.98 Å². The summed E-state index contributed by atoms with van der Waals surface area (Å²) in [7, 11) is 0. The van der Waals surface area contributed by atoms with Crippen LogP contribution in [-0.4, -0.2) is 9.55 Å². The Bertz CT molecular complexity index is 2600. The normalized spacial score (nSPS) is 13.9. The van der Waals surface area contributed by atoms with E-state index in [1.54, 1.807) is 6.07 Å². The molecule has 6 aromatic carbocycles. The third-order valence-electron chi connectivity index (χ3n) is 9.79. The van der Waals surface area contributed by atoms with Crippen molar-refractivity contribution in [2.45, 2.75) is 72.6 Å². The molecule has 234 valence electrons. The van der Waals surface area contributed by atoms with Gasteiger partial charge in [0.25, 0.3) is 0 Å². The Hall–Kier alpha value is -4.89. The fraction of sp³-hybridized carbons (Fsp3) is 0.250. The number of hydrogen-bond donors (Lipinski definition) is 0. The highest BCUT2D eigenvalue weighted by Crippen LogP contribution is 2.44. The highest BCUT2D eigenvalue weighted by atomic mass is 16.3. The van der Waals surface area contributed by atoms with Crippen molar-refractivity contribution < 1.29 is 8.53 Å². The van der Waals surface area contributed by atoms with Crippen LogP contribution < -0.4 is 0 Å². The van der Waals surface area contributed by atoms with E-state index in [0.29, 0.717) is 16.6 Å². The highest BCUT2D eigenvalue weighted by Gasteiger charge is 2.27. The molecule has 0 saturated carbocycles. The molecule has 3 heteroatoms. The first-order valence-electron chi connectivity index (χ1n) is 18.2. The monoisotopic (exact) mass is 617 g/mol. The van der Waals surface area contributed by atoms with Crippen molar-refractivity contribution in [2.24, 2.45) is 0 Å².